The largest absolute Gasteiger partial charge is 0.493 e. The molecule has 0 aliphatic rings. The predicted molar refractivity (Wildman–Crippen MR) is 70.3 cm³/mol. The highest BCUT2D eigenvalue weighted by Gasteiger charge is 2.10. The van der Waals surface area contributed by atoms with Gasteiger partial charge in [-0.1, -0.05) is 5.21 Å². The van der Waals surface area contributed by atoms with E-state index < -0.39 is 0 Å². The molecule has 6 nitrogen and oxygen atoms in total. The Labute approximate surface area is 111 Å². The lowest BCUT2D eigenvalue weighted by molar-refractivity contribution is 0.276. The fourth-order valence-corrected chi connectivity index (χ4v) is 1.86. The van der Waals surface area contributed by atoms with Crippen LogP contribution in [0, 0.1) is 0 Å². The van der Waals surface area contributed by atoms with Gasteiger partial charge in [-0.3, -0.25) is 0 Å². The summed E-state index contributed by atoms with van der Waals surface area (Å²) in [5, 5.41) is 16.8. The molecule has 2 aromatic rings. The van der Waals surface area contributed by atoms with Crippen molar-refractivity contribution in [1.82, 2.24) is 15.0 Å². The predicted octanol–water partition coefficient (Wildman–Crippen LogP) is 1.34. The van der Waals surface area contributed by atoms with E-state index in [1.165, 1.54) is 0 Å². The summed E-state index contributed by atoms with van der Waals surface area (Å²) in [6.07, 6.45) is 2.34. The SMILES string of the molecule is COc1ccc(-c2cnnn2CCCO)cc1OC. The van der Waals surface area contributed by atoms with E-state index in [0.717, 1.165) is 11.3 Å². The van der Waals surface area contributed by atoms with Crippen molar-refractivity contribution in [2.75, 3.05) is 20.8 Å². The van der Waals surface area contributed by atoms with Crippen LogP contribution < -0.4 is 9.47 Å². The van der Waals surface area contributed by atoms with E-state index in [2.05, 4.69) is 10.3 Å². The molecule has 0 atom stereocenters. The molecule has 1 aromatic heterocycles. The lowest BCUT2D eigenvalue weighted by atomic mass is 10.1. The van der Waals surface area contributed by atoms with Crippen LogP contribution in [-0.2, 0) is 6.54 Å². The number of methoxy groups -OCH3 is 2. The fraction of sp³-hybridized carbons (Fsp3) is 0.385. The first-order valence-electron chi connectivity index (χ1n) is 6.02. The van der Waals surface area contributed by atoms with Crippen LogP contribution in [0.4, 0.5) is 0 Å². The molecule has 102 valence electrons. The highest BCUT2D eigenvalue weighted by atomic mass is 16.5. The summed E-state index contributed by atoms with van der Waals surface area (Å²) >= 11 is 0. The Balaban J connectivity index is 2.33. The van der Waals surface area contributed by atoms with Gasteiger partial charge in [-0.2, -0.15) is 0 Å². The molecule has 1 N–H and O–H groups in total. The van der Waals surface area contributed by atoms with E-state index in [-0.39, 0.29) is 6.61 Å². The molecule has 0 unspecified atom stereocenters. The summed E-state index contributed by atoms with van der Waals surface area (Å²) in [7, 11) is 3.20. The van der Waals surface area contributed by atoms with Crippen LogP contribution in [0.15, 0.2) is 24.4 Å². The summed E-state index contributed by atoms with van der Waals surface area (Å²) in [6, 6.07) is 5.65. The zero-order valence-corrected chi connectivity index (χ0v) is 11.0. The molecule has 0 aliphatic carbocycles. The number of rotatable bonds is 6. The van der Waals surface area contributed by atoms with Crippen molar-refractivity contribution < 1.29 is 14.6 Å². The van der Waals surface area contributed by atoms with Crippen LogP contribution in [0.5, 0.6) is 11.5 Å². The van der Waals surface area contributed by atoms with Gasteiger partial charge in [-0.25, -0.2) is 4.68 Å². The van der Waals surface area contributed by atoms with Crippen molar-refractivity contribution in [3.8, 4) is 22.8 Å². The average molecular weight is 263 g/mol. The summed E-state index contributed by atoms with van der Waals surface area (Å²) in [4.78, 5) is 0. The normalized spacial score (nSPS) is 10.5. The molecular weight excluding hydrogens is 246 g/mol. The Kier molecular flexibility index (Phi) is 4.35. The summed E-state index contributed by atoms with van der Waals surface area (Å²) < 4.78 is 12.2. The fourth-order valence-electron chi connectivity index (χ4n) is 1.86. The maximum atomic E-state index is 8.88. The van der Waals surface area contributed by atoms with Gasteiger partial charge >= 0.3 is 0 Å². The number of nitrogens with zero attached hydrogens (tertiary/aromatic N) is 3. The lowest BCUT2D eigenvalue weighted by Crippen LogP contribution is -2.04. The van der Waals surface area contributed by atoms with Gasteiger partial charge in [-0.15, -0.1) is 5.10 Å². The van der Waals surface area contributed by atoms with E-state index in [1.54, 1.807) is 25.1 Å². The zero-order chi connectivity index (χ0) is 13.7. The number of aryl methyl sites for hydroxylation is 1. The molecule has 2 rings (SSSR count). The smallest absolute Gasteiger partial charge is 0.161 e. The Morgan fingerprint density at radius 3 is 2.68 bits per heavy atom. The molecule has 6 heteroatoms. The minimum absolute atomic E-state index is 0.130. The first-order chi connectivity index (χ1) is 9.30. The Hall–Kier alpha value is -2.08. The molecule has 0 bridgehead atoms. The minimum Gasteiger partial charge on any atom is -0.493 e. The highest BCUT2D eigenvalue weighted by Crippen LogP contribution is 2.31. The molecule has 0 saturated heterocycles. The summed E-state index contributed by atoms with van der Waals surface area (Å²) in [5.41, 5.74) is 1.83. The van der Waals surface area contributed by atoms with Gasteiger partial charge in [0.2, 0.25) is 0 Å². The number of aliphatic hydroxyl groups excluding tert-OH is 1. The molecule has 1 heterocycles. The second-order valence-electron chi connectivity index (χ2n) is 3.99. The maximum Gasteiger partial charge on any atom is 0.161 e. The standard InChI is InChI=1S/C13H17N3O3/c1-18-12-5-4-10(8-13(12)19-2)11-9-14-15-16(11)6-3-7-17/h4-5,8-9,17H,3,6-7H2,1-2H3. The number of benzene rings is 1. The first kappa shape index (κ1) is 13.4. The summed E-state index contributed by atoms with van der Waals surface area (Å²) in [6.45, 7) is 0.755. The van der Waals surface area contributed by atoms with Crippen LogP contribution in [-0.4, -0.2) is 40.9 Å². The second kappa shape index (κ2) is 6.19. The molecule has 0 fully saturated rings. The average Bonchev–Trinajstić information content (AvgIpc) is 2.92. The second-order valence-corrected chi connectivity index (χ2v) is 3.99. The van der Waals surface area contributed by atoms with Crippen molar-refractivity contribution in [3.63, 3.8) is 0 Å². The van der Waals surface area contributed by atoms with Crippen molar-refractivity contribution in [3.05, 3.63) is 24.4 Å². The Morgan fingerprint density at radius 2 is 2.00 bits per heavy atom. The lowest BCUT2D eigenvalue weighted by Gasteiger charge is -2.10. The third-order valence-corrected chi connectivity index (χ3v) is 2.83. The molecule has 0 aliphatic heterocycles. The molecule has 19 heavy (non-hydrogen) atoms. The van der Waals surface area contributed by atoms with E-state index in [9.17, 15) is 0 Å². The van der Waals surface area contributed by atoms with Gasteiger partial charge in [0.1, 0.15) is 0 Å². The summed E-state index contributed by atoms with van der Waals surface area (Å²) in [5.74, 6) is 1.34. The number of ether oxygens (including phenoxy) is 2. The number of hydrogen-bond donors (Lipinski definition) is 1. The monoisotopic (exact) mass is 263 g/mol. The van der Waals surface area contributed by atoms with Crippen molar-refractivity contribution in [2.45, 2.75) is 13.0 Å². The van der Waals surface area contributed by atoms with Crippen LogP contribution in [0.1, 0.15) is 6.42 Å². The van der Waals surface area contributed by atoms with E-state index in [1.807, 2.05) is 18.2 Å². The van der Waals surface area contributed by atoms with Gasteiger partial charge in [-0.05, 0) is 24.6 Å². The molecule has 0 radical (unpaired) electrons. The van der Waals surface area contributed by atoms with E-state index in [0.29, 0.717) is 24.5 Å². The third-order valence-electron chi connectivity index (χ3n) is 2.83. The third kappa shape index (κ3) is 2.85. The highest BCUT2D eigenvalue weighted by molar-refractivity contribution is 5.63. The quantitative estimate of drug-likeness (QED) is 0.851. The van der Waals surface area contributed by atoms with Gasteiger partial charge < -0.3 is 14.6 Å². The zero-order valence-electron chi connectivity index (χ0n) is 11.0. The van der Waals surface area contributed by atoms with E-state index in [4.69, 9.17) is 14.6 Å². The Morgan fingerprint density at radius 1 is 1.21 bits per heavy atom. The molecule has 1 aromatic carbocycles. The first-order valence-corrected chi connectivity index (χ1v) is 6.02. The van der Waals surface area contributed by atoms with Gasteiger partial charge in [0.15, 0.2) is 11.5 Å². The Bertz CT molecular complexity index is 540. The van der Waals surface area contributed by atoms with Crippen LogP contribution in [0.2, 0.25) is 0 Å². The number of aliphatic hydroxyl groups is 1. The van der Waals surface area contributed by atoms with Gasteiger partial charge in [0.25, 0.3) is 0 Å². The van der Waals surface area contributed by atoms with Gasteiger partial charge in [0.05, 0.1) is 26.1 Å². The number of hydrogen-bond acceptors (Lipinski definition) is 5. The molecule has 0 spiro atoms. The molecule has 0 saturated carbocycles. The van der Waals surface area contributed by atoms with Crippen LogP contribution in [0.3, 0.4) is 0 Å². The van der Waals surface area contributed by atoms with Crippen LogP contribution >= 0.6 is 0 Å². The maximum absolute atomic E-state index is 8.88. The molecule has 0 amide bonds. The van der Waals surface area contributed by atoms with Crippen molar-refractivity contribution >= 4 is 0 Å². The minimum atomic E-state index is 0.130. The topological polar surface area (TPSA) is 69.4 Å². The number of aromatic nitrogens is 3. The van der Waals surface area contributed by atoms with Crippen molar-refractivity contribution in [1.29, 1.82) is 0 Å². The molecular formula is C13H17N3O3. The van der Waals surface area contributed by atoms with Crippen molar-refractivity contribution in [2.24, 2.45) is 0 Å². The van der Waals surface area contributed by atoms with Gasteiger partial charge in [0, 0.05) is 18.7 Å². The van der Waals surface area contributed by atoms with Crippen LogP contribution in [0.25, 0.3) is 11.3 Å². The van der Waals surface area contributed by atoms with E-state index >= 15 is 0 Å².